The Kier molecular flexibility index (Phi) is 57.5. The van der Waals surface area contributed by atoms with Gasteiger partial charge in [0, 0.05) is 6.42 Å². The van der Waals surface area contributed by atoms with Crippen molar-refractivity contribution in [2.24, 2.45) is 0 Å². The number of hydrogen-bond donors (Lipinski definition) is 12. The van der Waals surface area contributed by atoms with E-state index in [4.69, 9.17) is 28.4 Å². The zero-order chi connectivity index (χ0) is 71.8. The van der Waals surface area contributed by atoms with E-state index < -0.39 is 124 Å². The Morgan fingerprint density at radius 3 is 0.879 bits per heavy atom. The molecule has 1 amide bonds. The molecule has 0 saturated carbocycles. The largest absolute Gasteiger partial charge is 0.394 e. The van der Waals surface area contributed by atoms with Crippen molar-refractivity contribution >= 4 is 5.91 Å². The molecule has 0 radical (unpaired) electrons. The molecule has 0 spiro atoms. The van der Waals surface area contributed by atoms with Crippen LogP contribution in [-0.2, 0) is 33.2 Å². The second kappa shape index (κ2) is 61.9. The molecular formula is C80H155NO18. The van der Waals surface area contributed by atoms with E-state index in [1.165, 1.54) is 295 Å². The summed E-state index contributed by atoms with van der Waals surface area (Å²) >= 11 is 0. The monoisotopic (exact) mass is 1420 g/mol. The first-order chi connectivity index (χ1) is 48.3. The fraction of sp³-hybridized carbons (Fsp3) is 0.988. The van der Waals surface area contributed by atoms with Gasteiger partial charge < -0.3 is 89.9 Å². The molecule has 12 N–H and O–H groups in total. The topological polar surface area (TPSA) is 307 Å². The van der Waals surface area contributed by atoms with Gasteiger partial charge in [0.15, 0.2) is 18.9 Å². The highest BCUT2D eigenvalue weighted by molar-refractivity contribution is 5.76. The van der Waals surface area contributed by atoms with E-state index in [1.54, 1.807) is 0 Å². The van der Waals surface area contributed by atoms with Gasteiger partial charge in [-0.15, -0.1) is 0 Å². The van der Waals surface area contributed by atoms with Crippen LogP contribution in [-0.4, -0.2) is 193 Å². The molecule has 3 fully saturated rings. The Balaban J connectivity index is 1.28. The Morgan fingerprint density at radius 1 is 0.323 bits per heavy atom. The summed E-state index contributed by atoms with van der Waals surface area (Å²) in [4.78, 5) is 13.5. The predicted molar refractivity (Wildman–Crippen MR) is 393 cm³/mol. The Hall–Kier alpha value is -1.21. The van der Waals surface area contributed by atoms with Crippen LogP contribution >= 0.6 is 0 Å². The third-order valence-corrected chi connectivity index (χ3v) is 21.4. The van der Waals surface area contributed by atoms with Gasteiger partial charge >= 0.3 is 0 Å². The maximum absolute atomic E-state index is 13.5. The van der Waals surface area contributed by atoms with Crippen LogP contribution in [0.1, 0.15) is 373 Å². The summed E-state index contributed by atoms with van der Waals surface area (Å²) in [5.74, 6) is -0.233. The van der Waals surface area contributed by atoms with Crippen molar-refractivity contribution in [1.82, 2.24) is 5.32 Å². The normalized spacial score (nSPS) is 26.5. The van der Waals surface area contributed by atoms with Gasteiger partial charge in [0.05, 0.1) is 38.6 Å². The van der Waals surface area contributed by atoms with Gasteiger partial charge in [-0.25, -0.2) is 0 Å². The molecule has 0 aromatic carbocycles. The van der Waals surface area contributed by atoms with Gasteiger partial charge in [-0.2, -0.15) is 0 Å². The van der Waals surface area contributed by atoms with Crippen molar-refractivity contribution in [1.29, 1.82) is 0 Å². The van der Waals surface area contributed by atoms with Crippen molar-refractivity contribution in [3.63, 3.8) is 0 Å². The molecule has 3 aliphatic rings. The Labute approximate surface area is 602 Å². The molecular weight excluding hydrogens is 1260 g/mol. The zero-order valence-electron chi connectivity index (χ0n) is 63.0. The standard InChI is InChI=1S/C80H155NO18/c1-3-5-7-9-11-13-15-17-19-21-22-23-24-25-26-27-28-29-30-31-32-33-34-35-36-37-38-39-40-41-42-44-46-48-50-52-54-56-58-68(86)81-63(64(85)57-55-53-51-49-47-45-43-20-18-16-14-12-10-8-6-4-2)62-94-78-74(92)71(89)76(66(60-83)96-78)99-80-75(93)72(90)77(67(61-84)97-80)98-79-73(91)70(88)69(87)65(59-82)95-79/h63-67,69-80,82-85,87-93H,3-62H2,1-2H3,(H,81,86). The van der Waals surface area contributed by atoms with E-state index in [0.717, 1.165) is 44.9 Å². The first-order valence-corrected chi connectivity index (χ1v) is 41.8. The fourth-order valence-corrected chi connectivity index (χ4v) is 14.7. The molecule has 17 atom stereocenters. The molecule has 99 heavy (non-hydrogen) atoms. The van der Waals surface area contributed by atoms with Crippen molar-refractivity contribution in [2.75, 3.05) is 26.4 Å². The van der Waals surface area contributed by atoms with Gasteiger partial charge in [-0.3, -0.25) is 4.79 Å². The van der Waals surface area contributed by atoms with Gasteiger partial charge in [0.1, 0.15) is 73.2 Å². The van der Waals surface area contributed by atoms with Crippen molar-refractivity contribution in [3.05, 3.63) is 0 Å². The SMILES string of the molecule is CCCCCCCCCCCCCCCCCCCCCCCCCCCCCCCCCCCCCCCCC(=O)NC(COC1OC(CO)C(OC2OC(CO)C(OC3OC(CO)C(O)C(O)C3O)C(O)C2O)C(O)C1O)C(O)CCCCCCCCCCCCCCCCCC. The second-order valence-corrected chi connectivity index (χ2v) is 30.3. The number of carbonyl (C=O) groups is 1. The average molecular weight is 1420 g/mol. The number of ether oxygens (including phenoxy) is 6. The first-order valence-electron chi connectivity index (χ1n) is 41.8. The number of amides is 1. The van der Waals surface area contributed by atoms with Crippen LogP contribution in [0.2, 0.25) is 0 Å². The van der Waals surface area contributed by atoms with Gasteiger partial charge in [0.2, 0.25) is 5.91 Å². The summed E-state index contributed by atoms with van der Waals surface area (Å²) in [6.07, 6.45) is 45.2. The minimum absolute atomic E-state index is 0.233. The molecule has 19 heteroatoms. The summed E-state index contributed by atoms with van der Waals surface area (Å²) in [6.45, 7) is 1.86. The molecule has 0 aliphatic carbocycles. The predicted octanol–water partition coefficient (Wildman–Crippen LogP) is 14.2. The molecule has 588 valence electrons. The van der Waals surface area contributed by atoms with Gasteiger partial charge in [0.25, 0.3) is 0 Å². The summed E-state index contributed by atoms with van der Waals surface area (Å²) in [5, 5.41) is 121. The number of aliphatic hydroxyl groups is 11. The number of carbonyl (C=O) groups excluding carboxylic acids is 1. The fourth-order valence-electron chi connectivity index (χ4n) is 14.7. The van der Waals surface area contributed by atoms with Crippen molar-refractivity contribution in [2.45, 2.75) is 478 Å². The van der Waals surface area contributed by atoms with E-state index in [2.05, 4.69) is 19.2 Å². The van der Waals surface area contributed by atoms with Crippen molar-refractivity contribution in [3.8, 4) is 0 Å². The van der Waals surface area contributed by atoms with E-state index in [-0.39, 0.29) is 18.9 Å². The molecule has 17 unspecified atom stereocenters. The summed E-state index contributed by atoms with van der Waals surface area (Å²) in [7, 11) is 0. The number of hydrogen-bond acceptors (Lipinski definition) is 18. The molecule has 3 rings (SSSR count). The third kappa shape index (κ3) is 42.1. The molecule has 3 aliphatic heterocycles. The van der Waals surface area contributed by atoms with Crippen LogP contribution in [0.3, 0.4) is 0 Å². The minimum atomic E-state index is -1.97. The number of rotatable bonds is 68. The maximum atomic E-state index is 13.5. The maximum Gasteiger partial charge on any atom is 0.220 e. The van der Waals surface area contributed by atoms with Crippen LogP contribution < -0.4 is 5.32 Å². The molecule has 0 aromatic rings. The molecule has 0 aromatic heterocycles. The lowest BCUT2D eigenvalue weighted by molar-refractivity contribution is -0.379. The van der Waals surface area contributed by atoms with Crippen LogP contribution in [0.15, 0.2) is 0 Å². The van der Waals surface area contributed by atoms with Gasteiger partial charge in [-0.1, -0.05) is 354 Å². The number of aliphatic hydroxyl groups excluding tert-OH is 11. The zero-order valence-corrected chi connectivity index (χ0v) is 63.0. The lowest BCUT2D eigenvalue weighted by Crippen LogP contribution is -2.66. The molecule has 0 bridgehead atoms. The van der Waals surface area contributed by atoms with Crippen LogP contribution in [0, 0.1) is 0 Å². The van der Waals surface area contributed by atoms with Crippen LogP contribution in [0.5, 0.6) is 0 Å². The lowest BCUT2D eigenvalue weighted by atomic mass is 9.96. The molecule has 19 nitrogen and oxygen atoms in total. The smallest absolute Gasteiger partial charge is 0.220 e. The summed E-state index contributed by atoms with van der Waals surface area (Å²) in [6, 6.07) is -0.882. The third-order valence-electron chi connectivity index (χ3n) is 21.4. The quantitative estimate of drug-likeness (QED) is 0.0252. The minimum Gasteiger partial charge on any atom is -0.394 e. The van der Waals surface area contributed by atoms with Crippen LogP contribution in [0.25, 0.3) is 0 Å². The number of nitrogens with one attached hydrogen (secondary N) is 1. The summed E-state index contributed by atoms with van der Waals surface area (Å²) in [5.41, 5.74) is 0. The second-order valence-electron chi connectivity index (χ2n) is 30.3. The van der Waals surface area contributed by atoms with E-state index in [9.17, 15) is 61.0 Å². The van der Waals surface area contributed by atoms with E-state index in [0.29, 0.717) is 12.8 Å². The molecule has 3 heterocycles. The van der Waals surface area contributed by atoms with Crippen molar-refractivity contribution < 1.29 is 89.4 Å². The molecule has 3 saturated heterocycles. The lowest BCUT2D eigenvalue weighted by Gasteiger charge is -2.48. The highest BCUT2D eigenvalue weighted by Gasteiger charge is 2.54. The van der Waals surface area contributed by atoms with Crippen LogP contribution in [0.4, 0.5) is 0 Å². The number of unbranched alkanes of at least 4 members (excludes halogenated alkanes) is 52. The highest BCUT2D eigenvalue weighted by atomic mass is 16.8. The average Bonchev–Trinajstić information content (AvgIpc) is 0.784. The van der Waals surface area contributed by atoms with Gasteiger partial charge in [-0.05, 0) is 12.8 Å². The Morgan fingerprint density at radius 2 is 0.576 bits per heavy atom. The Bertz CT molecular complexity index is 1790. The highest BCUT2D eigenvalue weighted by Crippen LogP contribution is 2.34. The first kappa shape index (κ1) is 92.0. The van der Waals surface area contributed by atoms with E-state index in [1.807, 2.05) is 0 Å². The van der Waals surface area contributed by atoms with E-state index >= 15 is 0 Å². The summed E-state index contributed by atoms with van der Waals surface area (Å²) < 4.78 is 34.5.